The van der Waals surface area contributed by atoms with Gasteiger partial charge < -0.3 is 9.11 Å². The van der Waals surface area contributed by atoms with Crippen molar-refractivity contribution in [3.05, 3.63) is 133 Å². The van der Waals surface area contributed by atoms with E-state index < -0.39 is 18.6 Å². The second-order valence-corrected chi connectivity index (χ2v) is 11.0. The molecule has 4 rings (SSSR count). The van der Waals surface area contributed by atoms with Gasteiger partial charge in [-0.15, -0.1) is 0 Å². The molecule has 5 heteroatoms. The van der Waals surface area contributed by atoms with Crippen molar-refractivity contribution in [3.8, 4) is 0 Å². The molecule has 0 aromatic heterocycles. The molecule has 32 heavy (non-hydrogen) atoms. The summed E-state index contributed by atoms with van der Waals surface area (Å²) in [6.45, 7) is 4.12. The number of rotatable bonds is 6. The molecule has 0 aliphatic heterocycles. The fourth-order valence-corrected chi connectivity index (χ4v) is 8.38. The standard InChI is InChI=1S/C27H24P.H2O3S/c1-2-24-16-12-13-21-27(24)28(25-17-8-4-9-18-25,26-19-10-5-11-20-26)22-23-14-6-3-7-15-23;1-4(2)3/h2-21H,1,22H2;(H2,1,2,3)/q+1;/p-1. The van der Waals surface area contributed by atoms with Crippen LogP contribution in [0.4, 0.5) is 0 Å². The lowest BCUT2D eigenvalue weighted by Crippen LogP contribution is -2.33. The Morgan fingerprint density at radius 2 is 1.16 bits per heavy atom. The molecule has 1 atom stereocenters. The third-order valence-electron chi connectivity index (χ3n) is 5.22. The first-order valence-electron chi connectivity index (χ1n) is 10.1. The van der Waals surface area contributed by atoms with Gasteiger partial charge in [-0.3, -0.25) is 0 Å². The predicted molar refractivity (Wildman–Crippen MR) is 137 cm³/mol. The zero-order valence-electron chi connectivity index (χ0n) is 17.6. The Kier molecular flexibility index (Phi) is 8.66. The first kappa shape index (κ1) is 23.8. The van der Waals surface area contributed by atoms with Crippen LogP contribution in [0.3, 0.4) is 0 Å². The van der Waals surface area contributed by atoms with Gasteiger partial charge in [0.25, 0.3) is 0 Å². The minimum atomic E-state index is -2.86. The Morgan fingerprint density at radius 1 is 0.750 bits per heavy atom. The van der Waals surface area contributed by atoms with Crippen LogP contribution in [0.1, 0.15) is 11.1 Å². The molecule has 0 radical (unpaired) electrons. The zero-order valence-corrected chi connectivity index (χ0v) is 19.3. The van der Waals surface area contributed by atoms with Gasteiger partial charge in [0.2, 0.25) is 0 Å². The normalized spacial score (nSPS) is 11.7. The zero-order chi connectivity index (χ0) is 22.8. The van der Waals surface area contributed by atoms with Crippen molar-refractivity contribution in [2.75, 3.05) is 0 Å². The molecule has 0 aliphatic rings. The van der Waals surface area contributed by atoms with E-state index in [9.17, 15) is 0 Å². The Labute approximate surface area is 192 Å². The summed E-state index contributed by atoms with van der Waals surface area (Å²) in [6, 6.07) is 41.6. The van der Waals surface area contributed by atoms with Crippen LogP contribution in [0.2, 0.25) is 0 Å². The summed E-state index contributed by atoms with van der Waals surface area (Å²) in [7, 11) is -1.90. The fourth-order valence-electron chi connectivity index (χ4n) is 3.92. The Balaban J connectivity index is 0.000000668. The molecule has 0 saturated heterocycles. The van der Waals surface area contributed by atoms with Gasteiger partial charge in [-0.2, -0.15) is 0 Å². The highest BCUT2D eigenvalue weighted by atomic mass is 32.2. The topological polar surface area (TPSA) is 60.4 Å². The number of hydrogen-bond acceptors (Lipinski definition) is 2. The second-order valence-electron chi connectivity index (χ2n) is 7.10. The molecule has 0 saturated carbocycles. The largest absolute Gasteiger partial charge is 0.750 e. The summed E-state index contributed by atoms with van der Waals surface area (Å²) in [6.07, 6.45) is 2.99. The van der Waals surface area contributed by atoms with E-state index in [0.717, 1.165) is 6.16 Å². The highest BCUT2D eigenvalue weighted by Gasteiger charge is 2.46. The first-order chi connectivity index (χ1) is 15.6. The van der Waals surface area contributed by atoms with E-state index in [-0.39, 0.29) is 0 Å². The third-order valence-corrected chi connectivity index (χ3v) is 9.65. The Hall–Kier alpha value is -2.88. The van der Waals surface area contributed by atoms with Gasteiger partial charge >= 0.3 is 0 Å². The van der Waals surface area contributed by atoms with E-state index >= 15 is 0 Å². The molecule has 1 N–H and O–H groups in total. The van der Waals surface area contributed by atoms with Crippen molar-refractivity contribution in [3.63, 3.8) is 0 Å². The molecule has 0 amide bonds. The van der Waals surface area contributed by atoms with Gasteiger partial charge in [0.05, 0.1) is 17.5 Å². The molecule has 0 bridgehead atoms. The lowest BCUT2D eigenvalue weighted by molar-refractivity contribution is 0.436. The molecule has 3 nitrogen and oxygen atoms in total. The lowest BCUT2D eigenvalue weighted by atomic mass is 10.2. The molecular formula is C27H25O3PS. The summed E-state index contributed by atoms with van der Waals surface area (Å²) in [5, 5.41) is 4.20. The smallest absolute Gasteiger partial charge is 0.117 e. The van der Waals surface area contributed by atoms with Crippen molar-refractivity contribution in [1.29, 1.82) is 0 Å². The predicted octanol–water partition coefficient (Wildman–Crippen LogP) is 5.16. The van der Waals surface area contributed by atoms with Crippen LogP contribution in [0.15, 0.2) is 122 Å². The van der Waals surface area contributed by atoms with Crippen molar-refractivity contribution < 1.29 is 13.3 Å². The molecule has 0 fully saturated rings. The van der Waals surface area contributed by atoms with Gasteiger partial charge in [0.1, 0.15) is 23.2 Å². The van der Waals surface area contributed by atoms with Crippen LogP contribution in [-0.2, 0) is 17.5 Å². The maximum absolute atomic E-state index is 8.56. The average molecular weight is 461 g/mol. The minimum absolute atomic E-state index is 0.993. The van der Waals surface area contributed by atoms with Gasteiger partial charge in [0, 0.05) is 5.56 Å². The van der Waals surface area contributed by atoms with E-state index in [2.05, 4.69) is 122 Å². The van der Waals surface area contributed by atoms with Gasteiger partial charge in [-0.05, 0) is 35.9 Å². The quantitative estimate of drug-likeness (QED) is 0.319. The van der Waals surface area contributed by atoms with E-state index in [0.29, 0.717) is 0 Å². The van der Waals surface area contributed by atoms with Crippen LogP contribution in [-0.4, -0.2) is 13.3 Å². The van der Waals surface area contributed by atoms with E-state index in [4.69, 9.17) is 13.3 Å². The molecule has 0 heterocycles. The molecule has 0 spiro atoms. The SMILES string of the molecule is C=Cc1ccccc1[P+](Cc1ccccc1)(c1ccccc1)c1ccccc1.O=S([O-])O. The van der Waals surface area contributed by atoms with Crippen molar-refractivity contribution >= 4 is 40.6 Å². The highest BCUT2D eigenvalue weighted by molar-refractivity contribution is 7.95. The first-order valence-corrected chi connectivity index (χ1v) is 13.1. The molecule has 1 unspecified atom stereocenters. The number of benzene rings is 4. The van der Waals surface area contributed by atoms with Crippen molar-refractivity contribution in [2.24, 2.45) is 0 Å². The van der Waals surface area contributed by atoms with E-state index in [1.165, 1.54) is 27.0 Å². The summed E-state index contributed by atoms with van der Waals surface area (Å²) >= 11 is -2.86. The molecule has 4 aromatic carbocycles. The lowest BCUT2D eigenvalue weighted by Gasteiger charge is -2.29. The molecule has 4 aromatic rings. The van der Waals surface area contributed by atoms with Crippen LogP contribution in [0.25, 0.3) is 6.08 Å². The van der Waals surface area contributed by atoms with Crippen LogP contribution < -0.4 is 15.9 Å². The Bertz CT molecular complexity index is 1110. The monoisotopic (exact) mass is 460 g/mol. The van der Waals surface area contributed by atoms with Crippen molar-refractivity contribution in [2.45, 2.75) is 6.16 Å². The summed E-state index contributed by atoms with van der Waals surface area (Å²) in [4.78, 5) is 0. The van der Waals surface area contributed by atoms with E-state index in [1.54, 1.807) is 0 Å². The van der Waals surface area contributed by atoms with Gasteiger partial charge in [0.15, 0.2) is 0 Å². The Morgan fingerprint density at radius 3 is 1.62 bits per heavy atom. The van der Waals surface area contributed by atoms with Gasteiger partial charge in [-0.1, -0.05) is 97.6 Å². The number of hydrogen-bond donors (Lipinski definition) is 1. The van der Waals surface area contributed by atoms with Crippen LogP contribution in [0.5, 0.6) is 0 Å². The van der Waals surface area contributed by atoms with Crippen LogP contribution >= 0.6 is 7.26 Å². The maximum atomic E-state index is 8.56. The van der Waals surface area contributed by atoms with Crippen molar-refractivity contribution in [1.82, 2.24) is 0 Å². The summed E-state index contributed by atoms with van der Waals surface area (Å²) in [5.74, 6) is 0. The van der Waals surface area contributed by atoms with E-state index in [1.807, 2.05) is 6.08 Å². The van der Waals surface area contributed by atoms with Gasteiger partial charge in [-0.25, -0.2) is 4.21 Å². The molecule has 162 valence electrons. The molecular weight excluding hydrogens is 435 g/mol. The summed E-state index contributed by atoms with van der Waals surface area (Å²) in [5.41, 5.74) is 2.59. The van der Waals surface area contributed by atoms with Crippen LogP contribution in [0, 0.1) is 0 Å². The third kappa shape index (κ3) is 5.67. The maximum Gasteiger partial charge on any atom is 0.117 e. The average Bonchev–Trinajstić information content (AvgIpc) is 2.84. The summed E-state index contributed by atoms with van der Waals surface area (Å²) < 4.78 is 24.1. The fraction of sp³-hybridized carbons (Fsp3) is 0.0370. The molecule has 0 aliphatic carbocycles. The second kappa shape index (κ2) is 11.7. The highest BCUT2D eigenvalue weighted by Crippen LogP contribution is 2.58. The minimum Gasteiger partial charge on any atom is -0.750 e.